The van der Waals surface area contributed by atoms with Gasteiger partial charge in [-0.15, -0.1) is 11.8 Å². The number of ketones is 1. The highest BCUT2D eigenvalue weighted by Crippen LogP contribution is 2.34. The third-order valence-corrected chi connectivity index (χ3v) is 4.58. The minimum absolute atomic E-state index is 0.0226. The molecule has 2 aromatic rings. The number of thioether (sulfide) groups is 1. The molecule has 1 aliphatic heterocycles. The Kier molecular flexibility index (Phi) is 5.15. The van der Waals surface area contributed by atoms with Gasteiger partial charge in [0.25, 0.3) is 0 Å². The second-order valence-electron chi connectivity index (χ2n) is 5.08. The SMILES string of the molecule is COc1ccc(OC)c(C(=O)CSc2ccc3c(c2)OCCO3)c1. The first kappa shape index (κ1) is 16.5. The third-order valence-electron chi connectivity index (χ3n) is 3.59. The van der Waals surface area contributed by atoms with Gasteiger partial charge in [-0.05, 0) is 36.4 Å². The molecule has 126 valence electrons. The van der Waals surface area contributed by atoms with Gasteiger partial charge in [0.05, 0.1) is 25.5 Å². The van der Waals surface area contributed by atoms with Crippen LogP contribution in [0.3, 0.4) is 0 Å². The summed E-state index contributed by atoms with van der Waals surface area (Å²) in [6.45, 7) is 1.11. The zero-order chi connectivity index (χ0) is 16.9. The average Bonchev–Trinajstić information content (AvgIpc) is 2.65. The van der Waals surface area contributed by atoms with Crippen LogP contribution < -0.4 is 18.9 Å². The van der Waals surface area contributed by atoms with Gasteiger partial charge >= 0.3 is 0 Å². The Morgan fingerprint density at radius 2 is 1.83 bits per heavy atom. The normalized spacial score (nSPS) is 12.6. The van der Waals surface area contributed by atoms with Crippen LogP contribution in [0.15, 0.2) is 41.3 Å². The number of carbonyl (C=O) groups is 1. The number of rotatable bonds is 6. The first-order valence-electron chi connectivity index (χ1n) is 7.49. The molecule has 1 aliphatic rings. The maximum absolute atomic E-state index is 12.5. The quantitative estimate of drug-likeness (QED) is 0.590. The summed E-state index contributed by atoms with van der Waals surface area (Å²) in [5, 5.41) is 0. The maximum Gasteiger partial charge on any atom is 0.176 e. The van der Waals surface area contributed by atoms with Crippen LogP contribution in [0, 0.1) is 0 Å². The van der Waals surface area contributed by atoms with Gasteiger partial charge in [-0.1, -0.05) is 0 Å². The Balaban J connectivity index is 1.71. The van der Waals surface area contributed by atoms with Crippen molar-refractivity contribution in [3.63, 3.8) is 0 Å². The maximum atomic E-state index is 12.5. The van der Waals surface area contributed by atoms with Crippen LogP contribution in [0.2, 0.25) is 0 Å². The van der Waals surface area contributed by atoms with Crippen molar-refractivity contribution < 1.29 is 23.7 Å². The Morgan fingerprint density at radius 1 is 1.04 bits per heavy atom. The molecule has 24 heavy (non-hydrogen) atoms. The Labute approximate surface area is 144 Å². The van der Waals surface area contributed by atoms with E-state index in [0.717, 1.165) is 16.4 Å². The van der Waals surface area contributed by atoms with Crippen molar-refractivity contribution in [2.75, 3.05) is 33.2 Å². The molecule has 0 aromatic heterocycles. The number of fused-ring (bicyclic) bond motifs is 1. The van der Waals surface area contributed by atoms with Gasteiger partial charge in [0.15, 0.2) is 17.3 Å². The number of Topliss-reactive ketones (excluding diaryl/α,β-unsaturated/α-hetero) is 1. The molecule has 5 nitrogen and oxygen atoms in total. The van der Waals surface area contributed by atoms with E-state index in [0.29, 0.717) is 36.0 Å². The summed E-state index contributed by atoms with van der Waals surface area (Å²) in [6, 6.07) is 10.9. The van der Waals surface area contributed by atoms with Gasteiger partial charge in [-0.25, -0.2) is 0 Å². The highest BCUT2D eigenvalue weighted by Gasteiger charge is 2.16. The highest BCUT2D eigenvalue weighted by molar-refractivity contribution is 8.00. The summed E-state index contributed by atoms with van der Waals surface area (Å²) in [7, 11) is 3.12. The van der Waals surface area contributed by atoms with E-state index in [-0.39, 0.29) is 5.78 Å². The molecule has 2 aromatic carbocycles. The summed E-state index contributed by atoms with van der Waals surface area (Å²) in [4.78, 5) is 13.5. The Morgan fingerprint density at radius 3 is 2.58 bits per heavy atom. The van der Waals surface area contributed by atoms with Gasteiger partial charge in [0, 0.05) is 4.90 Å². The number of ether oxygens (including phenoxy) is 4. The lowest BCUT2D eigenvalue weighted by Gasteiger charge is -2.18. The summed E-state index contributed by atoms with van der Waals surface area (Å²) in [5.41, 5.74) is 0.516. The van der Waals surface area contributed by atoms with Crippen molar-refractivity contribution in [1.82, 2.24) is 0 Å². The van der Waals surface area contributed by atoms with Crippen LogP contribution in [0.25, 0.3) is 0 Å². The molecule has 3 rings (SSSR count). The average molecular weight is 346 g/mol. The predicted molar refractivity (Wildman–Crippen MR) is 92.0 cm³/mol. The van der Waals surface area contributed by atoms with Gasteiger partial charge < -0.3 is 18.9 Å². The molecule has 0 fully saturated rings. The van der Waals surface area contributed by atoms with Crippen LogP contribution in [0.1, 0.15) is 10.4 Å². The molecular weight excluding hydrogens is 328 g/mol. The van der Waals surface area contributed by atoms with Crippen molar-refractivity contribution in [1.29, 1.82) is 0 Å². The van der Waals surface area contributed by atoms with Crippen molar-refractivity contribution in [3.05, 3.63) is 42.0 Å². The van der Waals surface area contributed by atoms with E-state index >= 15 is 0 Å². The van der Waals surface area contributed by atoms with Crippen molar-refractivity contribution in [2.45, 2.75) is 4.90 Å². The Hall–Kier alpha value is -2.34. The molecule has 0 radical (unpaired) electrons. The Bertz CT molecular complexity index is 744. The third kappa shape index (κ3) is 3.59. The summed E-state index contributed by atoms with van der Waals surface area (Å²) < 4.78 is 21.5. The van der Waals surface area contributed by atoms with Crippen LogP contribution in [-0.4, -0.2) is 39.0 Å². The zero-order valence-electron chi connectivity index (χ0n) is 13.5. The summed E-state index contributed by atoms with van der Waals surface area (Å²) >= 11 is 1.45. The molecule has 0 amide bonds. The molecule has 0 saturated carbocycles. The minimum Gasteiger partial charge on any atom is -0.497 e. The second-order valence-corrected chi connectivity index (χ2v) is 6.13. The molecule has 0 bridgehead atoms. The monoisotopic (exact) mass is 346 g/mol. The fraction of sp³-hybridized carbons (Fsp3) is 0.278. The molecule has 0 saturated heterocycles. The van der Waals surface area contributed by atoms with E-state index in [4.69, 9.17) is 18.9 Å². The number of hydrogen-bond donors (Lipinski definition) is 0. The van der Waals surface area contributed by atoms with Crippen molar-refractivity contribution in [3.8, 4) is 23.0 Å². The van der Waals surface area contributed by atoms with E-state index < -0.39 is 0 Å². The lowest BCUT2D eigenvalue weighted by molar-refractivity contribution is 0.101. The molecule has 0 spiro atoms. The van der Waals surface area contributed by atoms with Gasteiger partial charge in [-0.3, -0.25) is 4.79 Å². The molecule has 0 atom stereocenters. The minimum atomic E-state index is -0.0226. The van der Waals surface area contributed by atoms with Crippen LogP contribution in [0.5, 0.6) is 23.0 Å². The van der Waals surface area contributed by atoms with E-state index in [1.165, 1.54) is 11.8 Å². The fourth-order valence-corrected chi connectivity index (χ4v) is 3.18. The van der Waals surface area contributed by atoms with Crippen LogP contribution in [0.4, 0.5) is 0 Å². The fourth-order valence-electron chi connectivity index (χ4n) is 2.37. The smallest absolute Gasteiger partial charge is 0.176 e. The lowest BCUT2D eigenvalue weighted by atomic mass is 10.1. The van der Waals surface area contributed by atoms with Gasteiger partial charge in [0.2, 0.25) is 0 Å². The standard InChI is InChI=1S/C18H18O5S/c1-20-12-3-5-16(21-2)14(9-12)15(19)11-24-13-4-6-17-18(10-13)23-8-7-22-17/h3-6,9-10H,7-8,11H2,1-2H3. The van der Waals surface area contributed by atoms with E-state index in [1.807, 2.05) is 18.2 Å². The summed E-state index contributed by atoms with van der Waals surface area (Å²) in [5.74, 6) is 2.91. The molecule has 1 heterocycles. The second kappa shape index (κ2) is 7.49. The molecular formula is C18H18O5S. The first-order valence-corrected chi connectivity index (χ1v) is 8.47. The zero-order valence-corrected chi connectivity index (χ0v) is 14.4. The van der Waals surface area contributed by atoms with Gasteiger partial charge in [-0.2, -0.15) is 0 Å². The van der Waals surface area contributed by atoms with E-state index in [9.17, 15) is 4.79 Å². The van der Waals surface area contributed by atoms with E-state index in [2.05, 4.69) is 0 Å². The largest absolute Gasteiger partial charge is 0.497 e. The number of benzene rings is 2. The highest BCUT2D eigenvalue weighted by atomic mass is 32.2. The van der Waals surface area contributed by atoms with Crippen LogP contribution in [-0.2, 0) is 0 Å². The van der Waals surface area contributed by atoms with E-state index in [1.54, 1.807) is 32.4 Å². The molecule has 0 unspecified atom stereocenters. The number of hydrogen-bond acceptors (Lipinski definition) is 6. The predicted octanol–water partition coefficient (Wildman–Crippen LogP) is 3.45. The molecule has 6 heteroatoms. The number of carbonyl (C=O) groups excluding carboxylic acids is 1. The summed E-state index contributed by atoms with van der Waals surface area (Å²) in [6.07, 6.45) is 0. The van der Waals surface area contributed by atoms with Gasteiger partial charge in [0.1, 0.15) is 24.7 Å². The first-order chi connectivity index (χ1) is 11.7. The molecule has 0 N–H and O–H groups in total. The lowest BCUT2D eigenvalue weighted by Crippen LogP contribution is -2.15. The van der Waals surface area contributed by atoms with Crippen LogP contribution >= 0.6 is 11.8 Å². The number of methoxy groups -OCH3 is 2. The van der Waals surface area contributed by atoms with Crippen molar-refractivity contribution in [2.24, 2.45) is 0 Å². The molecule has 0 aliphatic carbocycles. The van der Waals surface area contributed by atoms with Crippen molar-refractivity contribution >= 4 is 17.5 Å². The topological polar surface area (TPSA) is 54.0 Å².